The van der Waals surface area contributed by atoms with E-state index in [1.807, 2.05) is 78.9 Å². The summed E-state index contributed by atoms with van der Waals surface area (Å²) in [7, 11) is 0. The molecule has 1 aliphatic rings. The third-order valence-corrected chi connectivity index (χ3v) is 7.12. The van der Waals surface area contributed by atoms with Crippen LogP contribution in [-0.2, 0) is 5.60 Å². The molecule has 1 N–H and O–H groups in total. The van der Waals surface area contributed by atoms with Crippen LogP contribution in [0.5, 0.6) is 0 Å². The molecule has 0 radical (unpaired) electrons. The van der Waals surface area contributed by atoms with Crippen molar-refractivity contribution in [1.29, 1.82) is 0 Å². The van der Waals surface area contributed by atoms with Crippen LogP contribution in [0.4, 0.5) is 0 Å². The number of fused-ring (bicyclic) bond motifs is 7. The molecule has 6 aromatic rings. The molecule has 1 aliphatic heterocycles. The van der Waals surface area contributed by atoms with Gasteiger partial charge >= 0.3 is 0 Å². The molecule has 4 heteroatoms. The third-order valence-electron chi connectivity index (χ3n) is 6.87. The standard InChI is InChI=1S/C30H19ClN2O/c31-21-16-13-20(14-17-21)22-8-3-4-10-24(22)30(34)28-23-9-2-1-7-19(23)15-18-27(28)33-26-12-6-5-11-25(26)32-29(30)33/h1-18,34H. The van der Waals surface area contributed by atoms with Gasteiger partial charge in [0, 0.05) is 16.1 Å². The first-order valence-electron chi connectivity index (χ1n) is 11.2. The predicted octanol–water partition coefficient (Wildman–Crippen LogP) is 7.10. The first kappa shape index (κ1) is 19.5. The Balaban J connectivity index is 1.63. The van der Waals surface area contributed by atoms with Gasteiger partial charge in [-0.15, -0.1) is 0 Å². The second kappa shape index (κ2) is 7.04. The van der Waals surface area contributed by atoms with Crippen LogP contribution in [0.3, 0.4) is 0 Å². The maximum absolute atomic E-state index is 12.9. The Labute approximate surface area is 201 Å². The molecule has 34 heavy (non-hydrogen) atoms. The number of rotatable bonds is 2. The van der Waals surface area contributed by atoms with Crippen LogP contribution in [-0.4, -0.2) is 14.7 Å². The van der Waals surface area contributed by atoms with Crippen LogP contribution in [0, 0.1) is 0 Å². The molecule has 1 atom stereocenters. The number of benzene rings is 5. The Bertz CT molecular complexity index is 1740. The lowest BCUT2D eigenvalue weighted by molar-refractivity contribution is 0.125. The average molecular weight is 459 g/mol. The van der Waals surface area contributed by atoms with Crippen molar-refractivity contribution < 1.29 is 5.11 Å². The molecule has 1 aromatic heterocycles. The number of nitrogens with zero attached hydrogens (tertiary/aromatic N) is 2. The first-order chi connectivity index (χ1) is 16.7. The van der Waals surface area contributed by atoms with Crippen LogP contribution in [0.2, 0.25) is 5.02 Å². The highest BCUT2D eigenvalue weighted by Gasteiger charge is 2.48. The summed E-state index contributed by atoms with van der Waals surface area (Å²) < 4.78 is 2.11. The van der Waals surface area contributed by atoms with Crippen molar-refractivity contribution in [2.45, 2.75) is 5.60 Å². The van der Waals surface area contributed by atoms with E-state index >= 15 is 0 Å². The van der Waals surface area contributed by atoms with Crippen LogP contribution in [0.15, 0.2) is 109 Å². The van der Waals surface area contributed by atoms with E-state index in [9.17, 15) is 5.11 Å². The van der Waals surface area contributed by atoms with E-state index in [4.69, 9.17) is 16.6 Å². The van der Waals surface area contributed by atoms with Crippen molar-refractivity contribution in [2.24, 2.45) is 0 Å². The molecule has 5 aromatic carbocycles. The van der Waals surface area contributed by atoms with Crippen LogP contribution in [0.25, 0.3) is 38.6 Å². The lowest BCUT2D eigenvalue weighted by Gasteiger charge is -2.27. The van der Waals surface area contributed by atoms with E-state index in [0.29, 0.717) is 10.8 Å². The number of para-hydroxylation sites is 2. The first-order valence-corrected chi connectivity index (χ1v) is 11.6. The summed E-state index contributed by atoms with van der Waals surface area (Å²) in [6.45, 7) is 0. The van der Waals surface area contributed by atoms with Gasteiger partial charge in [0.25, 0.3) is 0 Å². The summed E-state index contributed by atoms with van der Waals surface area (Å²) in [6, 6.07) is 36.2. The zero-order valence-electron chi connectivity index (χ0n) is 18.1. The van der Waals surface area contributed by atoms with Crippen LogP contribution >= 0.6 is 11.6 Å². The van der Waals surface area contributed by atoms with Crippen molar-refractivity contribution in [1.82, 2.24) is 9.55 Å². The maximum Gasteiger partial charge on any atom is 0.176 e. The second-order valence-electron chi connectivity index (χ2n) is 8.70. The summed E-state index contributed by atoms with van der Waals surface area (Å²) in [6.07, 6.45) is 0. The van der Waals surface area contributed by atoms with E-state index < -0.39 is 5.60 Å². The van der Waals surface area contributed by atoms with Crippen molar-refractivity contribution in [2.75, 3.05) is 0 Å². The lowest BCUT2D eigenvalue weighted by atomic mass is 9.80. The SMILES string of the molecule is OC1(c2ccccc2-c2ccc(Cl)cc2)c2c(ccc3ccccc23)-n2c1nc1ccccc12. The number of halogens is 1. The number of hydrogen-bond acceptors (Lipinski definition) is 2. The zero-order chi connectivity index (χ0) is 22.9. The zero-order valence-corrected chi connectivity index (χ0v) is 18.9. The number of hydrogen-bond donors (Lipinski definition) is 1. The van der Waals surface area contributed by atoms with Crippen LogP contribution in [0.1, 0.15) is 17.0 Å². The van der Waals surface area contributed by atoms with Gasteiger partial charge in [-0.1, -0.05) is 90.5 Å². The van der Waals surface area contributed by atoms with Gasteiger partial charge in [0.1, 0.15) is 0 Å². The van der Waals surface area contributed by atoms with Gasteiger partial charge in [0.05, 0.1) is 16.7 Å². The molecule has 0 bridgehead atoms. The van der Waals surface area contributed by atoms with Crippen molar-refractivity contribution in [3.63, 3.8) is 0 Å². The molecule has 1 unspecified atom stereocenters. The monoisotopic (exact) mass is 458 g/mol. The molecule has 0 amide bonds. The summed E-state index contributed by atoms with van der Waals surface area (Å²) in [5, 5.41) is 15.6. The molecule has 0 saturated heterocycles. The van der Waals surface area contributed by atoms with Gasteiger partial charge in [-0.25, -0.2) is 4.98 Å². The molecule has 162 valence electrons. The second-order valence-corrected chi connectivity index (χ2v) is 9.14. The fourth-order valence-corrected chi connectivity index (χ4v) is 5.51. The largest absolute Gasteiger partial charge is 0.373 e. The Morgan fingerprint density at radius 3 is 2.35 bits per heavy atom. The summed E-state index contributed by atoms with van der Waals surface area (Å²) in [4.78, 5) is 4.99. The Kier molecular flexibility index (Phi) is 4.04. The summed E-state index contributed by atoms with van der Waals surface area (Å²) in [5.41, 5.74) is 4.95. The molecule has 2 heterocycles. The van der Waals surface area contributed by atoms with E-state index in [1.165, 1.54) is 0 Å². The Morgan fingerprint density at radius 1 is 0.735 bits per heavy atom. The van der Waals surface area contributed by atoms with Gasteiger partial charge in [-0.3, -0.25) is 4.57 Å². The average Bonchev–Trinajstić information content (AvgIpc) is 3.39. The third kappa shape index (κ3) is 2.54. The Hall–Kier alpha value is -3.92. The van der Waals surface area contributed by atoms with Gasteiger partial charge in [-0.2, -0.15) is 0 Å². The molecular weight excluding hydrogens is 440 g/mol. The van der Waals surface area contributed by atoms with Gasteiger partial charge in [0.15, 0.2) is 11.4 Å². The van der Waals surface area contributed by atoms with E-state index in [2.05, 4.69) is 34.9 Å². The van der Waals surface area contributed by atoms with E-state index in [-0.39, 0.29) is 0 Å². The van der Waals surface area contributed by atoms with E-state index in [1.54, 1.807) is 0 Å². The topological polar surface area (TPSA) is 38.0 Å². The number of aliphatic hydroxyl groups is 1. The van der Waals surface area contributed by atoms with Gasteiger partial charge in [-0.05, 0) is 52.2 Å². The van der Waals surface area contributed by atoms with Crippen LogP contribution < -0.4 is 0 Å². The minimum atomic E-state index is -1.44. The van der Waals surface area contributed by atoms with Crippen molar-refractivity contribution in [3.05, 3.63) is 131 Å². The van der Waals surface area contributed by atoms with Gasteiger partial charge in [0.2, 0.25) is 0 Å². The fraction of sp³-hybridized carbons (Fsp3) is 0.0333. The molecule has 7 rings (SSSR count). The molecular formula is C30H19ClN2O. The highest BCUT2D eigenvalue weighted by Crippen LogP contribution is 2.51. The molecule has 3 nitrogen and oxygen atoms in total. The number of imidazole rings is 1. The minimum absolute atomic E-state index is 0.612. The smallest absolute Gasteiger partial charge is 0.176 e. The Morgan fingerprint density at radius 2 is 1.47 bits per heavy atom. The van der Waals surface area contributed by atoms with Crippen molar-refractivity contribution >= 4 is 33.4 Å². The molecule has 0 aliphatic carbocycles. The lowest BCUT2D eigenvalue weighted by Crippen LogP contribution is -2.28. The minimum Gasteiger partial charge on any atom is -0.373 e. The molecule has 0 fully saturated rings. The van der Waals surface area contributed by atoms with E-state index in [0.717, 1.165) is 49.7 Å². The number of aromatic nitrogens is 2. The van der Waals surface area contributed by atoms with Crippen molar-refractivity contribution in [3.8, 4) is 16.8 Å². The summed E-state index contributed by atoms with van der Waals surface area (Å²) in [5.74, 6) is 0.612. The quantitative estimate of drug-likeness (QED) is 0.300. The summed E-state index contributed by atoms with van der Waals surface area (Å²) >= 11 is 6.18. The fourth-order valence-electron chi connectivity index (χ4n) is 5.39. The highest BCUT2D eigenvalue weighted by molar-refractivity contribution is 6.30. The van der Waals surface area contributed by atoms with Gasteiger partial charge < -0.3 is 5.11 Å². The normalized spacial score (nSPS) is 16.6. The molecule has 0 spiro atoms. The molecule has 0 saturated carbocycles. The predicted molar refractivity (Wildman–Crippen MR) is 138 cm³/mol. The maximum atomic E-state index is 12.9. The highest BCUT2D eigenvalue weighted by atomic mass is 35.5.